The Bertz CT molecular complexity index is 368. The highest BCUT2D eigenvalue weighted by Gasteiger charge is 2.09. The van der Waals surface area contributed by atoms with Crippen molar-refractivity contribution in [3.05, 3.63) is 18.3 Å². The minimum absolute atomic E-state index is 0.196. The van der Waals surface area contributed by atoms with Crippen LogP contribution in [0.2, 0.25) is 0 Å². The standard InChI is InChI=1S/C10H16N4O2/c1-14(7-5-9(11)13-15)10-8(16-2)4-3-6-12-10/h3-4,6,15H,5,7H2,1-2H3,(H2,11,13). The van der Waals surface area contributed by atoms with Gasteiger partial charge in [-0.05, 0) is 12.1 Å². The van der Waals surface area contributed by atoms with Gasteiger partial charge in [0.25, 0.3) is 0 Å². The molecule has 1 aromatic rings. The van der Waals surface area contributed by atoms with Gasteiger partial charge in [-0.2, -0.15) is 0 Å². The molecular formula is C10H16N4O2. The molecule has 1 aromatic heterocycles. The Balaban J connectivity index is 2.68. The van der Waals surface area contributed by atoms with Gasteiger partial charge in [0.1, 0.15) is 5.84 Å². The number of aromatic nitrogens is 1. The lowest BCUT2D eigenvalue weighted by Crippen LogP contribution is -2.25. The van der Waals surface area contributed by atoms with Crippen LogP contribution in [0.25, 0.3) is 0 Å². The highest BCUT2D eigenvalue weighted by Crippen LogP contribution is 2.23. The van der Waals surface area contributed by atoms with Crippen LogP contribution in [0, 0.1) is 0 Å². The van der Waals surface area contributed by atoms with Gasteiger partial charge in [0.15, 0.2) is 11.6 Å². The van der Waals surface area contributed by atoms with E-state index in [-0.39, 0.29) is 5.84 Å². The molecule has 0 saturated carbocycles. The van der Waals surface area contributed by atoms with Crippen molar-refractivity contribution in [1.29, 1.82) is 0 Å². The Morgan fingerprint density at radius 3 is 3.06 bits per heavy atom. The summed E-state index contributed by atoms with van der Waals surface area (Å²) in [6, 6.07) is 3.64. The van der Waals surface area contributed by atoms with Crippen molar-refractivity contribution in [2.45, 2.75) is 6.42 Å². The number of anilines is 1. The number of rotatable bonds is 5. The van der Waals surface area contributed by atoms with E-state index in [0.29, 0.717) is 18.7 Å². The van der Waals surface area contributed by atoms with Gasteiger partial charge in [-0.25, -0.2) is 4.98 Å². The molecule has 0 aliphatic rings. The second kappa shape index (κ2) is 5.79. The highest BCUT2D eigenvalue weighted by molar-refractivity contribution is 5.80. The monoisotopic (exact) mass is 224 g/mol. The molecule has 3 N–H and O–H groups in total. The number of methoxy groups -OCH3 is 1. The van der Waals surface area contributed by atoms with Gasteiger partial charge in [0, 0.05) is 26.2 Å². The molecule has 0 spiro atoms. The SMILES string of the molecule is COc1cccnc1N(C)CC/C(N)=N/O. The molecule has 0 amide bonds. The van der Waals surface area contributed by atoms with Crippen molar-refractivity contribution in [2.75, 3.05) is 25.6 Å². The minimum Gasteiger partial charge on any atom is -0.493 e. The number of nitrogens with two attached hydrogens (primary N) is 1. The molecule has 0 bridgehead atoms. The molecular weight excluding hydrogens is 208 g/mol. The van der Waals surface area contributed by atoms with E-state index in [1.54, 1.807) is 19.4 Å². The van der Waals surface area contributed by atoms with Crippen molar-refractivity contribution in [3.63, 3.8) is 0 Å². The largest absolute Gasteiger partial charge is 0.493 e. The molecule has 0 aromatic carbocycles. The van der Waals surface area contributed by atoms with E-state index in [1.807, 2.05) is 18.0 Å². The normalized spacial score (nSPS) is 11.2. The van der Waals surface area contributed by atoms with E-state index in [4.69, 9.17) is 15.7 Å². The third-order valence-corrected chi connectivity index (χ3v) is 2.16. The number of oxime groups is 1. The van der Waals surface area contributed by atoms with Crippen molar-refractivity contribution in [3.8, 4) is 5.75 Å². The van der Waals surface area contributed by atoms with E-state index >= 15 is 0 Å². The number of pyridine rings is 1. The number of ether oxygens (including phenoxy) is 1. The molecule has 0 saturated heterocycles. The number of hydrogen-bond donors (Lipinski definition) is 2. The van der Waals surface area contributed by atoms with E-state index in [2.05, 4.69) is 10.1 Å². The molecule has 0 aliphatic heterocycles. The Labute approximate surface area is 94.3 Å². The van der Waals surface area contributed by atoms with E-state index < -0.39 is 0 Å². The van der Waals surface area contributed by atoms with Crippen molar-refractivity contribution in [1.82, 2.24) is 4.98 Å². The average molecular weight is 224 g/mol. The fourth-order valence-electron chi connectivity index (χ4n) is 1.27. The molecule has 0 atom stereocenters. The summed E-state index contributed by atoms with van der Waals surface area (Å²) in [6.45, 7) is 0.600. The first-order valence-electron chi connectivity index (χ1n) is 4.85. The predicted octanol–water partition coefficient (Wildman–Crippen LogP) is 0.663. The lowest BCUT2D eigenvalue weighted by Gasteiger charge is -2.19. The van der Waals surface area contributed by atoms with E-state index in [1.165, 1.54) is 0 Å². The summed E-state index contributed by atoms with van der Waals surface area (Å²) in [5, 5.41) is 11.3. The zero-order valence-corrected chi connectivity index (χ0v) is 9.42. The topological polar surface area (TPSA) is 84.0 Å². The fourth-order valence-corrected chi connectivity index (χ4v) is 1.27. The highest BCUT2D eigenvalue weighted by atomic mass is 16.5. The fraction of sp³-hybridized carbons (Fsp3) is 0.400. The first-order chi connectivity index (χ1) is 7.69. The zero-order chi connectivity index (χ0) is 12.0. The Kier molecular flexibility index (Phi) is 4.38. The van der Waals surface area contributed by atoms with Crippen LogP contribution in [0.1, 0.15) is 6.42 Å². The van der Waals surface area contributed by atoms with Gasteiger partial charge in [-0.1, -0.05) is 5.16 Å². The second-order valence-electron chi connectivity index (χ2n) is 3.29. The van der Waals surface area contributed by atoms with Crippen LogP contribution in [0.4, 0.5) is 5.82 Å². The molecule has 6 heteroatoms. The van der Waals surface area contributed by atoms with Crippen LogP contribution in [-0.4, -0.2) is 36.7 Å². The first kappa shape index (κ1) is 12.1. The minimum atomic E-state index is 0.196. The molecule has 16 heavy (non-hydrogen) atoms. The number of hydrogen-bond acceptors (Lipinski definition) is 5. The van der Waals surface area contributed by atoms with Gasteiger partial charge >= 0.3 is 0 Å². The summed E-state index contributed by atoms with van der Waals surface area (Å²) >= 11 is 0. The van der Waals surface area contributed by atoms with Crippen LogP contribution < -0.4 is 15.4 Å². The second-order valence-corrected chi connectivity index (χ2v) is 3.29. The molecule has 1 rings (SSSR count). The van der Waals surface area contributed by atoms with Gasteiger partial charge in [-0.15, -0.1) is 0 Å². The maximum Gasteiger partial charge on any atom is 0.171 e. The number of amidine groups is 1. The smallest absolute Gasteiger partial charge is 0.171 e. The summed E-state index contributed by atoms with van der Waals surface area (Å²) in [5.41, 5.74) is 5.39. The Morgan fingerprint density at radius 1 is 1.69 bits per heavy atom. The molecule has 0 aliphatic carbocycles. The van der Waals surface area contributed by atoms with Crippen molar-refractivity contribution >= 4 is 11.7 Å². The van der Waals surface area contributed by atoms with Crippen LogP contribution in [0.15, 0.2) is 23.5 Å². The summed E-state index contributed by atoms with van der Waals surface area (Å²) in [6.07, 6.45) is 2.16. The maximum absolute atomic E-state index is 8.42. The van der Waals surface area contributed by atoms with E-state index in [9.17, 15) is 0 Å². The molecule has 0 fully saturated rings. The molecule has 88 valence electrons. The Hall–Kier alpha value is -1.98. The van der Waals surface area contributed by atoms with Crippen molar-refractivity contribution in [2.24, 2.45) is 10.9 Å². The van der Waals surface area contributed by atoms with Crippen LogP contribution in [-0.2, 0) is 0 Å². The van der Waals surface area contributed by atoms with Gasteiger partial charge in [0.05, 0.1) is 7.11 Å². The third-order valence-electron chi connectivity index (χ3n) is 2.16. The molecule has 0 unspecified atom stereocenters. The van der Waals surface area contributed by atoms with Crippen LogP contribution >= 0.6 is 0 Å². The van der Waals surface area contributed by atoms with Crippen molar-refractivity contribution < 1.29 is 9.94 Å². The zero-order valence-electron chi connectivity index (χ0n) is 9.42. The average Bonchev–Trinajstić information content (AvgIpc) is 2.35. The summed E-state index contributed by atoms with van der Waals surface area (Å²) in [4.78, 5) is 6.10. The van der Waals surface area contributed by atoms with Crippen LogP contribution in [0.3, 0.4) is 0 Å². The first-order valence-corrected chi connectivity index (χ1v) is 4.85. The quantitative estimate of drug-likeness (QED) is 0.332. The van der Waals surface area contributed by atoms with Gasteiger partial charge in [0.2, 0.25) is 0 Å². The maximum atomic E-state index is 8.42. The number of nitrogens with zero attached hydrogens (tertiary/aromatic N) is 3. The summed E-state index contributed by atoms with van der Waals surface area (Å²) < 4.78 is 5.18. The predicted molar refractivity (Wildman–Crippen MR) is 62.1 cm³/mol. The van der Waals surface area contributed by atoms with E-state index in [0.717, 1.165) is 5.82 Å². The summed E-state index contributed by atoms with van der Waals surface area (Å²) in [5.74, 6) is 1.63. The Morgan fingerprint density at radius 2 is 2.44 bits per heavy atom. The lowest BCUT2D eigenvalue weighted by molar-refractivity contribution is 0.317. The third kappa shape index (κ3) is 3.01. The summed E-state index contributed by atoms with van der Waals surface area (Å²) in [7, 11) is 3.47. The molecule has 6 nitrogen and oxygen atoms in total. The molecule has 0 radical (unpaired) electrons. The van der Waals surface area contributed by atoms with Gasteiger partial charge < -0.3 is 20.6 Å². The lowest BCUT2D eigenvalue weighted by atomic mass is 10.3. The van der Waals surface area contributed by atoms with Crippen LogP contribution in [0.5, 0.6) is 5.75 Å². The van der Waals surface area contributed by atoms with Gasteiger partial charge in [-0.3, -0.25) is 0 Å². The molecule has 1 heterocycles.